The maximum atomic E-state index is 16.5. The summed E-state index contributed by atoms with van der Waals surface area (Å²) in [6, 6.07) is 8.64. The molecule has 4 heterocycles. The number of para-hydroxylation sites is 1. The number of rotatable bonds is 5. The van der Waals surface area contributed by atoms with Gasteiger partial charge in [0.05, 0.1) is 15.2 Å². The van der Waals surface area contributed by atoms with Gasteiger partial charge in [-0.3, -0.25) is 0 Å². The maximum Gasteiger partial charge on any atom is 0.319 e. The van der Waals surface area contributed by atoms with Crippen LogP contribution >= 0.6 is 22.9 Å². The van der Waals surface area contributed by atoms with Crippen LogP contribution in [0.15, 0.2) is 24.3 Å². The van der Waals surface area contributed by atoms with Crippen molar-refractivity contribution < 1.29 is 9.13 Å². The number of ether oxygens (including phenoxy) is 1. The molecule has 1 saturated carbocycles. The molecule has 1 aliphatic carbocycles. The van der Waals surface area contributed by atoms with Crippen molar-refractivity contribution in [3.8, 4) is 17.1 Å². The van der Waals surface area contributed by atoms with E-state index in [1.165, 1.54) is 11.3 Å². The molecule has 7 rings (SSSR count). The number of likely N-dealkylation sites (tertiary alicyclic amines) is 1. The number of nitrogens with zero attached hydrogens (tertiary/aromatic N) is 5. The van der Waals surface area contributed by atoms with Crippen LogP contribution in [0.3, 0.4) is 0 Å². The van der Waals surface area contributed by atoms with E-state index in [1.54, 1.807) is 6.07 Å². The minimum atomic E-state index is -0.504. The Kier molecular flexibility index (Phi) is 5.62. The first-order chi connectivity index (χ1) is 18.0. The molecule has 3 aliphatic rings. The maximum absolute atomic E-state index is 16.5. The molecule has 8 nitrogen and oxygen atoms in total. The fourth-order valence-electron chi connectivity index (χ4n) is 5.76. The summed E-state index contributed by atoms with van der Waals surface area (Å²) in [6.45, 7) is 3.13. The first kappa shape index (κ1) is 23.3. The molecule has 0 amide bonds. The lowest BCUT2D eigenvalue weighted by Crippen LogP contribution is -2.44. The molecule has 0 radical (unpaired) electrons. The lowest BCUT2D eigenvalue weighted by molar-refractivity contribution is 0.188. The Morgan fingerprint density at radius 2 is 2.14 bits per heavy atom. The highest BCUT2D eigenvalue weighted by Crippen LogP contribution is 2.43. The van der Waals surface area contributed by atoms with Crippen LogP contribution in [0.4, 0.5) is 15.3 Å². The van der Waals surface area contributed by atoms with Gasteiger partial charge in [0.1, 0.15) is 17.9 Å². The van der Waals surface area contributed by atoms with E-state index in [-0.39, 0.29) is 22.1 Å². The molecular weight excluding hydrogens is 513 g/mol. The summed E-state index contributed by atoms with van der Waals surface area (Å²) in [5, 5.41) is 4.83. The van der Waals surface area contributed by atoms with Crippen molar-refractivity contribution in [3.05, 3.63) is 35.1 Å². The summed E-state index contributed by atoms with van der Waals surface area (Å²) < 4.78 is 23.5. The monoisotopic (exact) mass is 539 g/mol. The van der Waals surface area contributed by atoms with Gasteiger partial charge in [-0.25, -0.2) is 9.37 Å². The summed E-state index contributed by atoms with van der Waals surface area (Å²) >= 11 is 8.15. The summed E-state index contributed by atoms with van der Waals surface area (Å²) in [5.74, 6) is 0.174. The Morgan fingerprint density at radius 3 is 2.97 bits per heavy atom. The predicted molar refractivity (Wildman–Crippen MR) is 146 cm³/mol. The highest BCUT2D eigenvalue weighted by atomic mass is 35.5. The van der Waals surface area contributed by atoms with Crippen LogP contribution in [0.5, 0.6) is 6.01 Å². The van der Waals surface area contributed by atoms with Gasteiger partial charge < -0.3 is 25.6 Å². The standard InChI is InChI=1S/C26H27ClFN7OS/c1-34-8-3-4-13(34)12-36-26-32-23-15(24(33-26)35-9-7-30-17-11-18(17)35)10-16(27)20(21(23)28)14-5-2-6-19-22(14)31-25(29)37-19/h2,5-6,10,13,17-18,30H,3-4,7-9,11-12H2,1H3,(H2,29,31)/t13-,17?,18?/m0/s1. The molecule has 192 valence electrons. The molecule has 2 aromatic carbocycles. The zero-order valence-corrected chi connectivity index (χ0v) is 21.9. The fraction of sp³-hybridized carbons (Fsp3) is 0.423. The van der Waals surface area contributed by atoms with E-state index in [1.807, 2.05) is 18.2 Å². The van der Waals surface area contributed by atoms with Crippen molar-refractivity contribution in [1.29, 1.82) is 0 Å². The molecule has 3 N–H and O–H groups in total. The number of nitrogens with one attached hydrogen (secondary N) is 1. The Bertz CT molecular complexity index is 1530. The minimum absolute atomic E-state index is 0.196. The van der Waals surface area contributed by atoms with Crippen molar-refractivity contribution in [3.63, 3.8) is 0 Å². The van der Waals surface area contributed by atoms with Gasteiger partial charge in [0.2, 0.25) is 0 Å². The highest BCUT2D eigenvalue weighted by Gasteiger charge is 2.45. The van der Waals surface area contributed by atoms with Gasteiger partial charge in [0.15, 0.2) is 10.9 Å². The Hall–Kier alpha value is -2.79. The third-order valence-corrected chi connectivity index (χ3v) is 8.96. The number of hydrogen-bond acceptors (Lipinski definition) is 9. The lowest BCUT2D eigenvalue weighted by Gasteiger charge is -2.29. The summed E-state index contributed by atoms with van der Waals surface area (Å²) in [7, 11) is 2.10. The number of thiazole rings is 1. The number of anilines is 2. The van der Waals surface area contributed by atoms with Gasteiger partial charge in [-0.1, -0.05) is 35.1 Å². The normalized spacial score (nSPS) is 23.6. The number of likely N-dealkylation sites (N-methyl/N-ethyl adjacent to an activating group) is 1. The molecule has 2 unspecified atom stereocenters. The molecule has 4 aromatic rings. The second kappa shape index (κ2) is 8.90. The quantitative estimate of drug-likeness (QED) is 0.388. The van der Waals surface area contributed by atoms with Crippen LogP contribution < -0.4 is 20.7 Å². The summed E-state index contributed by atoms with van der Waals surface area (Å²) in [5.41, 5.74) is 7.66. The third kappa shape index (κ3) is 3.98. The average Bonchev–Trinajstić information content (AvgIpc) is 3.42. The van der Waals surface area contributed by atoms with Gasteiger partial charge >= 0.3 is 6.01 Å². The van der Waals surface area contributed by atoms with Crippen molar-refractivity contribution in [2.45, 2.75) is 37.4 Å². The Balaban J connectivity index is 1.38. The van der Waals surface area contributed by atoms with Crippen LogP contribution in [-0.4, -0.2) is 71.3 Å². The second-order valence-corrected chi connectivity index (χ2v) is 11.6. The van der Waals surface area contributed by atoms with Crippen LogP contribution in [-0.2, 0) is 0 Å². The predicted octanol–water partition coefficient (Wildman–Crippen LogP) is 4.30. The zero-order valence-electron chi connectivity index (χ0n) is 20.4. The zero-order chi connectivity index (χ0) is 25.3. The van der Waals surface area contributed by atoms with E-state index < -0.39 is 5.82 Å². The van der Waals surface area contributed by atoms with Crippen LogP contribution in [0.2, 0.25) is 5.02 Å². The van der Waals surface area contributed by atoms with E-state index in [9.17, 15) is 0 Å². The summed E-state index contributed by atoms with van der Waals surface area (Å²) in [4.78, 5) is 18.4. The van der Waals surface area contributed by atoms with Gasteiger partial charge in [-0.05, 0) is 45.0 Å². The van der Waals surface area contributed by atoms with Gasteiger partial charge in [-0.2, -0.15) is 9.97 Å². The smallest absolute Gasteiger partial charge is 0.319 e. The van der Waals surface area contributed by atoms with E-state index in [4.69, 9.17) is 27.1 Å². The minimum Gasteiger partial charge on any atom is -0.462 e. The Labute approximate surface area is 222 Å². The van der Waals surface area contributed by atoms with E-state index >= 15 is 4.39 Å². The first-order valence-corrected chi connectivity index (χ1v) is 13.9. The Morgan fingerprint density at radius 1 is 1.24 bits per heavy atom. The molecule has 0 bridgehead atoms. The van der Waals surface area contributed by atoms with Gasteiger partial charge in [0, 0.05) is 47.7 Å². The molecule has 3 fully saturated rings. The fourth-order valence-corrected chi connectivity index (χ4v) is 6.82. The molecule has 2 saturated heterocycles. The van der Waals surface area contributed by atoms with E-state index in [0.717, 1.165) is 43.6 Å². The van der Waals surface area contributed by atoms with Gasteiger partial charge in [-0.15, -0.1) is 0 Å². The van der Waals surface area contributed by atoms with E-state index in [0.29, 0.717) is 52.1 Å². The number of aromatic nitrogens is 3. The molecule has 11 heteroatoms. The summed E-state index contributed by atoms with van der Waals surface area (Å²) in [6.07, 6.45) is 3.24. The second-order valence-electron chi connectivity index (χ2n) is 10.1. The number of fused-ring (bicyclic) bond motifs is 3. The van der Waals surface area contributed by atoms with Gasteiger partial charge in [0.25, 0.3) is 0 Å². The molecule has 2 aliphatic heterocycles. The van der Waals surface area contributed by atoms with Crippen LogP contribution in [0.25, 0.3) is 32.2 Å². The molecule has 3 atom stereocenters. The SMILES string of the molecule is CN1CCC[C@H]1COc1nc(N2CCNC3CC32)c2cc(Cl)c(-c3cccc4sc(N)nc34)c(F)c2n1. The van der Waals surface area contributed by atoms with Crippen LogP contribution in [0, 0.1) is 5.82 Å². The van der Waals surface area contributed by atoms with Crippen molar-refractivity contribution in [2.75, 3.05) is 43.9 Å². The molecular formula is C26H27ClFN7OS. The van der Waals surface area contributed by atoms with Crippen LogP contribution in [0.1, 0.15) is 19.3 Å². The number of nitrogen functional groups attached to an aromatic ring is 1. The number of nitrogens with two attached hydrogens (primary N) is 1. The topological polar surface area (TPSA) is 92.4 Å². The lowest BCUT2D eigenvalue weighted by atomic mass is 10.0. The van der Waals surface area contributed by atoms with Crippen molar-refractivity contribution in [1.82, 2.24) is 25.2 Å². The van der Waals surface area contributed by atoms with Crippen molar-refractivity contribution >= 4 is 55.0 Å². The molecule has 37 heavy (non-hydrogen) atoms. The van der Waals surface area contributed by atoms with Crippen molar-refractivity contribution in [2.24, 2.45) is 0 Å². The highest BCUT2D eigenvalue weighted by molar-refractivity contribution is 7.22. The number of hydrogen-bond donors (Lipinski definition) is 2. The average molecular weight is 540 g/mol. The first-order valence-electron chi connectivity index (χ1n) is 12.7. The van der Waals surface area contributed by atoms with E-state index in [2.05, 4.69) is 32.1 Å². The number of halogens is 2. The molecule has 0 spiro atoms. The largest absolute Gasteiger partial charge is 0.462 e. The number of piperazine rings is 1. The molecule has 2 aromatic heterocycles. The third-order valence-electron chi connectivity index (χ3n) is 7.81. The number of benzene rings is 2.